The molecule has 2 heterocycles. The van der Waals surface area contributed by atoms with E-state index >= 15 is 0 Å². The second kappa shape index (κ2) is 5.05. The third kappa shape index (κ3) is 2.24. The first-order chi connectivity index (χ1) is 9.27. The minimum absolute atomic E-state index is 0.0231. The number of hydrogen-bond donors (Lipinski definition) is 0. The number of carbonyl (C=O) groups excluding carboxylic acids is 1. The maximum absolute atomic E-state index is 12.4. The van der Waals surface area contributed by atoms with E-state index in [4.69, 9.17) is 11.6 Å². The van der Waals surface area contributed by atoms with Crippen LogP contribution >= 0.6 is 11.6 Å². The first kappa shape index (κ1) is 12.2. The number of rotatable bonds is 2. The van der Waals surface area contributed by atoms with Crippen LogP contribution in [0.2, 0.25) is 5.02 Å². The Kier molecular flexibility index (Phi) is 3.25. The third-order valence-electron chi connectivity index (χ3n) is 3.36. The van der Waals surface area contributed by atoms with Crippen LogP contribution in [0.5, 0.6) is 0 Å². The van der Waals surface area contributed by atoms with Gasteiger partial charge in [0.1, 0.15) is 5.69 Å². The summed E-state index contributed by atoms with van der Waals surface area (Å²) in [5.41, 5.74) is 1.35. The topological polar surface area (TPSA) is 38.1 Å². The molecule has 98 valence electrons. The number of benzene rings is 1. The molecule has 1 saturated heterocycles. The van der Waals surface area contributed by atoms with Crippen LogP contribution in [0.4, 0.5) is 0 Å². The molecule has 0 bridgehead atoms. The van der Waals surface area contributed by atoms with Crippen molar-refractivity contribution in [1.82, 2.24) is 14.5 Å². The van der Waals surface area contributed by atoms with Gasteiger partial charge >= 0.3 is 0 Å². The fourth-order valence-corrected chi connectivity index (χ4v) is 2.60. The Balaban J connectivity index is 1.99. The first-order valence-electron chi connectivity index (χ1n) is 6.34. The third-order valence-corrected chi connectivity index (χ3v) is 3.68. The Morgan fingerprint density at radius 2 is 1.95 bits per heavy atom. The highest BCUT2D eigenvalue weighted by molar-refractivity contribution is 6.32. The number of carbonyl (C=O) groups is 1. The molecule has 1 amide bonds. The van der Waals surface area contributed by atoms with E-state index in [1.54, 1.807) is 23.2 Å². The monoisotopic (exact) mass is 275 g/mol. The van der Waals surface area contributed by atoms with Gasteiger partial charge in [-0.3, -0.25) is 9.36 Å². The lowest BCUT2D eigenvalue weighted by Crippen LogP contribution is -2.29. The van der Waals surface area contributed by atoms with Crippen LogP contribution in [-0.4, -0.2) is 33.4 Å². The Morgan fingerprint density at radius 3 is 2.68 bits per heavy atom. The SMILES string of the molecule is O=C(c1cncn1-c1ccccc1Cl)N1CCCC1. The van der Waals surface area contributed by atoms with Crippen molar-refractivity contribution in [3.05, 3.63) is 47.5 Å². The molecular weight excluding hydrogens is 262 g/mol. The molecule has 1 aromatic carbocycles. The van der Waals surface area contributed by atoms with E-state index in [-0.39, 0.29) is 5.91 Å². The molecule has 1 fully saturated rings. The fourth-order valence-electron chi connectivity index (χ4n) is 2.37. The number of imidazole rings is 1. The molecule has 3 rings (SSSR count). The highest BCUT2D eigenvalue weighted by Crippen LogP contribution is 2.22. The molecule has 1 aromatic heterocycles. The summed E-state index contributed by atoms with van der Waals surface area (Å²) < 4.78 is 1.75. The Morgan fingerprint density at radius 1 is 1.21 bits per heavy atom. The molecule has 1 aliphatic heterocycles. The van der Waals surface area contributed by atoms with Crippen molar-refractivity contribution in [2.75, 3.05) is 13.1 Å². The predicted molar refractivity (Wildman–Crippen MR) is 73.7 cm³/mol. The predicted octanol–water partition coefficient (Wildman–Crippen LogP) is 2.76. The zero-order chi connectivity index (χ0) is 13.2. The van der Waals surface area contributed by atoms with E-state index in [0.717, 1.165) is 31.6 Å². The largest absolute Gasteiger partial charge is 0.337 e. The molecule has 0 spiro atoms. The van der Waals surface area contributed by atoms with E-state index < -0.39 is 0 Å². The van der Waals surface area contributed by atoms with Gasteiger partial charge in [-0.25, -0.2) is 4.98 Å². The number of nitrogens with zero attached hydrogens (tertiary/aromatic N) is 3. The minimum atomic E-state index is 0.0231. The lowest BCUT2D eigenvalue weighted by Gasteiger charge is -2.16. The van der Waals surface area contributed by atoms with Crippen molar-refractivity contribution in [1.29, 1.82) is 0 Å². The number of para-hydroxylation sites is 1. The van der Waals surface area contributed by atoms with Crippen LogP contribution < -0.4 is 0 Å². The second-order valence-electron chi connectivity index (χ2n) is 4.60. The summed E-state index contributed by atoms with van der Waals surface area (Å²) in [5.74, 6) is 0.0231. The van der Waals surface area contributed by atoms with Crippen molar-refractivity contribution in [2.24, 2.45) is 0 Å². The van der Waals surface area contributed by atoms with Crippen molar-refractivity contribution >= 4 is 17.5 Å². The van der Waals surface area contributed by atoms with Crippen molar-refractivity contribution in [3.63, 3.8) is 0 Å². The molecule has 0 aliphatic carbocycles. The van der Waals surface area contributed by atoms with Gasteiger partial charge in [-0.15, -0.1) is 0 Å². The summed E-state index contributed by atoms with van der Waals surface area (Å²) in [7, 11) is 0. The average Bonchev–Trinajstić information content (AvgIpc) is 3.10. The lowest BCUT2D eigenvalue weighted by atomic mass is 10.3. The van der Waals surface area contributed by atoms with Gasteiger partial charge in [0.05, 0.1) is 23.2 Å². The van der Waals surface area contributed by atoms with Gasteiger partial charge in [0, 0.05) is 13.1 Å². The van der Waals surface area contributed by atoms with Gasteiger partial charge in [0.2, 0.25) is 0 Å². The molecule has 2 aromatic rings. The van der Waals surface area contributed by atoms with E-state index in [0.29, 0.717) is 10.7 Å². The van der Waals surface area contributed by atoms with Crippen LogP contribution in [0.15, 0.2) is 36.8 Å². The van der Waals surface area contributed by atoms with Gasteiger partial charge < -0.3 is 4.90 Å². The van der Waals surface area contributed by atoms with E-state index in [1.807, 2.05) is 23.1 Å². The smallest absolute Gasteiger partial charge is 0.272 e. The molecule has 5 heteroatoms. The summed E-state index contributed by atoms with van der Waals surface area (Å²) in [4.78, 5) is 18.4. The van der Waals surface area contributed by atoms with E-state index in [1.165, 1.54) is 0 Å². The number of aromatic nitrogens is 2. The summed E-state index contributed by atoms with van der Waals surface area (Å²) >= 11 is 6.18. The Bertz CT molecular complexity index is 602. The molecule has 0 unspecified atom stereocenters. The normalized spacial score (nSPS) is 14.9. The summed E-state index contributed by atoms with van der Waals surface area (Å²) in [6, 6.07) is 7.45. The molecular formula is C14H14ClN3O. The first-order valence-corrected chi connectivity index (χ1v) is 6.71. The summed E-state index contributed by atoms with van der Waals surface area (Å²) in [6.07, 6.45) is 5.38. The average molecular weight is 276 g/mol. The van der Waals surface area contributed by atoms with Crippen molar-refractivity contribution in [3.8, 4) is 5.69 Å². The molecule has 1 aliphatic rings. The summed E-state index contributed by atoms with van der Waals surface area (Å²) in [6.45, 7) is 1.65. The van der Waals surface area contributed by atoms with Crippen LogP contribution in [-0.2, 0) is 0 Å². The van der Waals surface area contributed by atoms with Crippen LogP contribution in [0, 0.1) is 0 Å². The molecule has 0 radical (unpaired) electrons. The lowest BCUT2D eigenvalue weighted by molar-refractivity contribution is 0.0785. The van der Waals surface area contributed by atoms with Gasteiger partial charge in [0.25, 0.3) is 5.91 Å². The van der Waals surface area contributed by atoms with Gasteiger partial charge in [-0.2, -0.15) is 0 Å². The minimum Gasteiger partial charge on any atom is -0.337 e. The Labute approximate surface area is 116 Å². The van der Waals surface area contributed by atoms with Gasteiger partial charge in [0.15, 0.2) is 0 Å². The highest BCUT2D eigenvalue weighted by Gasteiger charge is 2.23. The zero-order valence-corrected chi connectivity index (χ0v) is 11.2. The standard InChI is InChI=1S/C14H14ClN3O/c15-11-5-1-2-6-12(11)18-10-16-9-13(18)14(19)17-7-3-4-8-17/h1-2,5-6,9-10H,3-4,7-8H2. The Hall–Kier alpha value is -1.81. The maximum Gasteiger partial charge on any atom is 0.272 e. The van der Waals surface area contributed by atoms with Crippen molar-refractivity contribution in [2.45, 2.75) is 12.8 Å². The quantitative estimate of drug-likeness (QED) is 0.845. The molecule has 0 saturated carbocycles. The second-order valence-corrected chi connectivity index (χ2v) is 5.01. The van der Waals surface area contributed by atoms with Gasteiger partial charge in [-0.1, -0.05) is 23.7 Å². The van der Waals surface area contributed by atoms with Crippen LogP contribution in [0.3, 0.4) is 0 Å². The summed E-state index contributed by atoms with van der Waals surface area (Å²) in [5, 5.41) is 0.607. The van der Waals surface area contributed by atoms with E-state index in [9.17, 15) is 4.79 Å². The molecule has 4 nitrogen and oxygen atoms in total. The molecule has 19 heavy (non-hydrogen) atoms. The van der Waals surface area contributed by atoms with Crippen LogP contribution in [0.25, 0.3) is 5.69 Å². The number of halogens is 1. The number of hydrogen-bond acceptors (Lipinski definition) is 2. The number of amides is 1. The van der Waals surface area contributed by atoms with Crippen LogP contribution in [0.1, 0.15) is 23.3 Å². The van der Waals surface area contributed by atoms with E-state index in [2.05, 4.69) is 4.98 Å². The van der Waals surface area contributed by atoms with Gasteiger partial charge in [-0.05, 0) is 25.0 Å². The fraction of sp³-hybridized carbons (Fsp3) is 0.286. The maximum atomic E-state index is 12.4. The highest BCUT2D eigenvalue weighted by atomic mass is 35.5. The van der Waals surface area contributed by atoms with Crippen molar-refractivity contribution < 1.29 is 4.79 Å². The molecule has 0 atom stereocenters. The zero-order valence-electron chi connectivity index (χ0n) is 10.4. The molecule has 0 N–H and O–H groups in total. The number of likely N-dealkylation sites (tertiary alicyclic amines) is 1.